The number of nitrogens with zero attached hydrogens (tertiary/aromatic N) is 4. The normalized spacial score (nSPS) is 10.9. The van der Waals surface area contributed by atoms with Crippen LogP contribution in [0.25, 0.3) is 15.5 Å². The largest absolute Gasteiger partial charge is 0.495 e. The second kappa shape index (κ2) is 8.47. The lowest BCUT2D eigenvalue weighted by molar-refractivity contribution is -0.118. The van der Waals surface area contributed by atoms with Gasteiger partial charge in [-0.3, -0.25) is 4.79 Å². The number of rotatable bonds is 6. The van der Waals surface area contributed by atoms with E-state index in [0.29, 0.717) is 32.2 Å². The molecule has 2 heterocycles. The Morgan fingerprint density at radius 2 is 2.10 bits per heavy atom. The van der Waals surface area contributed by atoms with Gasteiger partial charge in [-0.25, -0.2) is 0 Å². The van der Waals surface area contributed by atoms with Gasteiger partial charge in [-0.15, -0.1) is 10.2 Å². The molecule has 154 valence electrons. The quantitative estimate of drug-likeness (QED) is 0.452. The van der Waals surface area contributed by atoms with Gasteiger partial charge in [0.2, 0.25) is 4.96 Å². The Labute approximate surface area is 185 Å². The highest BCUT2D eigenvalue weighted by atomic mass is 35.5. The molecule has 11 heteroatoms. The van der Waals surface area contributed by atoms with Gasteiger partial charge in [0.1, 0.15) is 22.8 Å². The molecule has 0 spiro atoms. The molecular formula is C19H15Cl2N5O3S. The number of aromatic nitrogens is 4. The van der Waals surface area contributed by atoms with Crippen molar-refractivity contribution in [3.63, 3.8) is 0 Å². The van der Waals surface area contributed by atoms with Crippen molar-refractivity contribution in [1.82, 2.24) is 19.8 Å². The third-order valence-corrected chi connectivity index (χ3v) is 5.61. The third kappa shape index (κ3) is 4.18. The Balaban J connectivity index is 1.51. The number of ether oxygens (including phenoxy) is 2. The molecule has 0 fully saturated rings. The number of fused-ring (bicyclic) bond motifs is 1. The minimum Gasteiger partial charge on any atom is -0.495 e. The second-order valence-electron chi connectivity index (χ2n) is 6.25. The topological polar surface area (TPSA) is 90.6 Å². The molecule has 2 aromatic carbocycles. The minimum absolute atomic E-state index is 0.230. The fourth-order valence-corrected chi connectivity index (χ4v) is 4.28. The van der Waals surface area contributed by atoms with Crippen LogP contribution in [0.1, 0.15) is 5.56 Å². The first-order valence-corrected chi connectivity index (χ1v) is 10.3. The van der Waals surface area contributed by atoms with Crippen molar-refractivity contribution < 1.29 is 14.3 Å². The zero-order valence-corrected chi connectivity index (χ0v) is 18.2. The number of carbonyl (C=O) groups excluding carboxylic acids is 1. The molecule has 1 N–H and O–H groups in total. The van der Waals surface area contributed by atoms with E-state index in [2.05, 4.69) is 20.6 Å². The van der Waals surface area contributed by atoms with Gasteiger partial charge in [0.15, 0.2) is 6.61 Å². The summed E-state index contributed by atoms with van der Waals surface area (Å²) in [5.41, 5.74) is 2.04. The molecule has 0 aliphatic heterocycles. The van der Waals surface area contributed by atoms with Crippen molar-refractivity contribution in [2.24, 2.45) is 0 Å². The van der Waals surface area contributed by atoms with Gasteiger partial charge in [-0.1, -0.05) is 34.5 Å². The summed E-state index contributed by atoms with van der Waals surface area (Å²) in [4.78, 5) is 13.2. The summed E-state index contributed by atoms with van der Waals surface area (Å²) in [6, 6.07) is 8.68. The zero-order valence-electron chi connectivity index (χ0n) is 15.8. The highest BCUT2D eigenvalue weighted by Gasteiger charge is 2.15. The number of benzene rings is 2. The van der Waals surface area contributed by atoms with Crippen LogP contribution in [0.2, 0.25) is 10.0 Å². The molecule has 0 radical (unpaired) electrons. The lowest BCUT2D eigenvalue weighted by Gasteiger charge is -2.13. The first-order valence-electron chi connectivity index (χ1n) is 8.68. The molecule has 30 heavy (non-hydrogen) atoms. The molecule has 0 aliphatic rings. The van der Waals surface area contributed by atoms with Crippen LogP contribution in [0.3, 0.4) is 0 Å². The number of nitrogens with one attached hydrogen (secondary N) is 1. The Morgan fingerprint density at radius 3 is 2.83 bits per heavy atom. The molecule has 4 aromatic rings. The van der Waals surface area contributed by atoms with Gasteiger partial charge in [-0.2, -0.15) is 9.61 Å². The Hall–Kier alpha value is -2.88. The summed E-state index contributed by atoms with van der Waals surface area (Å²) < 4.78 is 12.6. The van der Waals surface area contributed by atoms with Crippen LogP contribution in [0.4, 0.5) is 5.69 Å². The summed E-state index contributed by atoms with van der Waals surface area (Å²) >= 11 is 13.5. The molecule has 1 amide bonds. The maximum Gasteiger partial charge on any atom is 0.262 e. The number of carbonyl (C=O) groups is 1. The summed E-state index contributed by atoms with van der Waals surface area (Å²) in [6.07, 6.45) is 1.53. The van der Waals surface area contributed by atoms with E-state index >= 15 is 0 Å². The van der Waals surface area contributed by atoms with Crippen LogP contribution in [-0.2, 0) is 4.79 Å². The van der Waals surface area contributed by atoms with E-state index in [4.69, 9.17) is 32.7 Å². The van der Waals surface area contributed by atoms with Crippen LogP contribution >= 0.6 is 34.5 Å². The fraction of sp³-hybridized carbons (Fsp3) is 0.158. The first-order chi connectivity index (χ1) is 14.4. The maximum absolute atomic E-state index is 12.5. The number of amides is 1. The predicted octanol–water partition coefficient (Wildman–Crippen LogP) is 4.49. The molecule has 0 saturated heterocycles. The molecule has 0 bridgehead atoms. The molecule has 2 aromatic heterocycles. The van der Waals surface area contributed by atoms with Crippen LogP contribution in [-0.4, -0.2) is 39.4 Å². The standard InChI is InChI=1S/C19H15Cl2N5O3S/c1-10-5-12(20)7-13(21)17(10)29-8-16(27)23-14-6-11(3-4-15(14)28-2)18-25-26-9-22-24-19(26)30-18/h3-7,9H,8H2,1-2H3,(H,23,27). The molecule has 8 nitrogen and oxygen atoms in total. The highest BCUT2D eigenvalue weighted by molar-refractivity contribution is 7.19. The van der Waals surface area contributed by atoms with Crippen LogP contribution in [0, 0.1) is 6.92 Å². The Morgan fingerprint density at radius 1 is 1.27 bits per heavy atom. The van der Waals surface area contributed by atoms with Gasteiger partial charge in [-0.05, 0) is 42.8 Å². The van der Waals surface area contributed by atoms with Gasteiger partial charge in [0.25, 0.3) is 5.91 Å². The third-order valence-electron chi connectivity index (χ3n) is 4.15. The lowest BCUT2D eigenvalue weighted by Crippen LogP contribution is -2.21. The van der Waals surface area contributed by atoms with Crippen molar-refractivity contribution in [3.05, 3.63) is 52.3 Å². The minimum atomic E-state index is -0.367. The molecule has 0 atom stereocenters. The van der Waals surface area contributed by atoms with Crippen molar-refractivity contribution in [3.8, 4) is 22.1 Å². The smallest absolute Gasteiger partial charge is 0.262 e. The fourth-order valence-electron chi connectivity index (χ4n) is 2.81. The number of hydrogen-bond donors (Lipinski definition) is 1. The highest BCUT2D eigenvalue weighted by Crippen LogP contribution is 2.33. The monoisotopic (exact) mass is 463 g/mol. The van der Waals surface area contributed by atoms with Gasteiger partial charge in [0, 0.05) is 10.6 Å². The molecule has 0 unspecified atom stereocenters. The second-order valence-corrected chi connectivity index (χ2v) is 8.05. The van der Waals surface area contributed by atoms with E-state index < -0.39 is 0 Å². The number of hydrogen-bond acceptors (Lipinski definition) is 7. The van der Waals surface area contributed by atoms with E-state index in [1.807, 2.05) is 6.07 Å². The Bertz CT molecular complexity index is 1190. The SMILES string of the molecule is COc1ccc(-c2nn3cnnc3s2)cc1NC(=O)COc1c(C)cc(Cl)cc1Cl. The van der Waals surface area contributed by atoms with E-state index in [-0.39, 0.29) is 12.5 Å². The summed E-state index contributed by atoms with van der Waals surface area (Å²) in [6.45, 7) is 1.57. The summed E-state index contributed by atoms with van der Waals surface area (Å²) in [5, 5.41) is 16.6. The van der Waals surface area contributed by atoms with E-state index in [1.54, 1.807) is 35.7 Å². The zero-order chi connectivity index (χ0) is 21.3. The van der Waals surface area contributed by atoms with Crippen molar-refractivity contribution in [2.45, 2.75) is 6.92 Å². The average molecular weight is 464 g/mol. The van der Waals surface area contributed by atoms with E-state index in [1.165, 1.54) is 24.8 Å². The number of methoxy groups -OCH3 is 1. The summed E-state index contributed by atoms with van der Waals surface area (Å²) in [5.74, 6) is 0.557. The predicted molar refractivity (Wildman–Crippen MR) is 116 cm³/mol. The van der Waals surface area contributed by atoms with Crippen LogP contribution < -0.4 is 14.8 Å². The molecule has 0 aliphatic carbocycles. The van der Waals surface area contributed by atoms with Gasteiger partial charge < -0.3 is 14.8 Å². The maximum atomic E-state index is 12.5. The number of halogens is 2. The van der Waals surface area contributed by atoms with Crippen LogP contribution in [0.5, 0.6) is 11.5 Å². The molecule has 4 rings (SSSR count). The van der Waals surface area contributed by atoms with Gasteiger partial charge in [0.05, 0.1) is 17.8 Å². The molecular weight excluding hydrogens is 449 g/mol. The van der Waals surface area contributed by atoms with E-state index in [9.17, 15) is 4.79 Å². The Kier molecular flexibility index (Phi) is 5.76. The number of anilines is 1. The average Bonchev–Trinajstić information content (AvgIpc) is 3.29. The van der Waals surface area contributed by atoms with Crippen molar-refractivity contribution >= 4 is 51.1 Å². The van der Waals surface area contributed by atoms with Gasteiger partial charge >= 0.3 is 0 Å². The molecule has 0 saturated carbocycles. The number of aryl methyl sites for hydroxylation is 1. The van der Waals surface area contributed by atoms with Crippen molar-refractivity contribution in [1.29, 1.82) is 0 Å². The van der Waals surface area contributed by atoms with Crippen LogP contribution in [0.15, 0.2) is 36.7 Å². The lowest BCUT2D eigenvalue weighted by atomic mass is 10.2. The van der Waals surface area contributed by atoms with E-state index in [0.717, 1.165) is 16.1 Å². The van der Waals surface area contributed by atoms with Crippen molar-refractivity contribution in [2.75, 3.05) is 19.0 Å². The first kappa shape index (κ1) is 20.4. The summed E-state index contributed by atoms with van der Waals surface area (Å²) in [7, 11) is 1.53.